The molecule has 1 aromatic rings. The Balaban J connectivity index is 1.73. The first-order valence-corrected chi connectivity index (χ1v) is 9.67. The van der Waals surface area contributed by atoms with Gasteiger partial charge < -0.3 is 10.2 Å². The van der Waals surface area contributed by atoms with Gasteiger partial charge in [0, 0.05) is 49.2 Å². The number of nitrogens with one attached hydrogen (secondary N) is 1. The van der Waals surface area contributed by atoms with Crippen molar-refractivity contribution < 1.29 is 9.59 Å². The summed E-state index contributed by atoms with van der Waals surface area (Å²) in [5.41, 5.74) is 0.575. The second-order valence-corrected chi connectivity index (χ2v) is 7.66. The van der Waals surface area contributed by atoms with E-state index in [1.54, 1.807) is 12.1 Å². The highest BCUT2D eigenvalue weighted by Gasteiger charge is 2.27. The summed E-state index contributed by atoms with van der Waals surface area (Å²) in [7, 11) is 0. The molecule has 0 spiro atoms. The van der Waals surface area contributed by atoms with Crippen molar-refractivity contribution in [3.8, 4) is 6.07 Å². The third-order valence-electron chi connectivity index (χ3n) is 4.55. The quantitative estimate of drug-likeness (QED) is 0.765. The molecule has 1 unspecified atom stereocenters. The zero-order valence-electron chi connectivity index (χ0n) is 15.2. The fraction of sp³-hybridized carbons (Fsp3) is 0.526. The van der Waals surface area contributed by atoms with E-state index in [2.05, 4.69) is 32.2 Å². The van der Waals surface area contributed by atoms with Gasteiger partial charge in [-0.1, -0.05) is 29.8 Å². The molecular formula is C19H25BrN4O2. The lowest BCUT2D eigenvalue weighted by atomic mass is 10.0. The van der Waals surface area contributed by atoms with Crippen LogP contribution in [0.5, 0.6) is 0 Å². The minimum atomic E-state index is -0.177. The number of nitriles is 1. The summed E-state index contributed by atoms with van der Waals surface area (Å²) in [6, 6.07) is 9.35. The Morgan fingerprint density at radius 2 is 1.81 bits per heavy atom. The molecule has 1 aliphatic rings. The van der Waals surface area contributed by atoms with E-state index in [4.69, 9.17) is 0 Å². The molecule has 2 amide bonds. The first-order valence-electron chi connectivity index (χ1n) is 8.87. The fourth-order valence-electron chi connectivity index (χ4n) is 3.05. The van der Waals surface area contributed by atoms with Crippen LogP contribution in [0.1, 0.15) is 30.6 Å². The molecule has 1 aromatic carbocycles. The molecule has 140 valence electrons. The molecular weight excluding hydrogens is 396 g/mol. The van der Waals surface area contributed by atoms with Crippen LogP contribution < -0.4 is 5.32 Å². The van der Waals surface area contributed by atoms with E-state index >= 15 is 0 Å². The average molecular weight is 421 g/mol. The van der Waals surface area contributed by atoms with E-state index in [0.717, 1.165) is 4.47 Å². The predicted octanol–water partition coefficient (Wildman–Crippen LogP) is 2.26. The van der Waals surface area contributed by atoms with Crippen molar-refractivity contribution in [2.75, 3.05) is 32.7 Å². The molecule has 0 saturated carbocycles. The van der Waals surface area contributed by atoms with Crippen molar-refractivity contribution in [1.82, 2.24) is 15.1 Å². The van der Waals surface area contributed by atoms with Crippen LogP contribution in [-0.2, 0) is 4.79 Å². The van der Waals surface area contributed by atoms with Gasteiger partial charge in [-0.15, -0.1) is 0 Å². The summed E-state index contributed by atoms with van der Waals surface area (Å²) in [5.74, 6) is 0.138. The normalized spacial score (nSPS) is 16.2. The molecule has 1 fully saturated rings. The molecule has 2 rings (SSSR count). The van der Waals surface area contributed by atoms with Crippen molar-refractivity contribution in [3.05, 3.63) is 34.3 Å². The van der Waals surface area contributed by atoms with Gasteiger partial charge in [-0.05, 0) is 30.2 Å². The van der Waals surface area contributed by atoms with Gasteiger partial charge in [0.05, 0.1) is 6.07 Å². The highest BCUT2D eigenvalue weighted by atomic mass is 79.9. The molecule has 0 bridgehead atoms. The summed E-state index contributed by atoms with van der Waals surface area (Å²) in [4.78, 5) is 28.3. The Morgan fingerprint density at radius 3 is 2.35 bits per heavy atom. The molecule has 0 aliphatic carbocycles. The molecule has 0 aromatic heterocycles. The van der Waals surface area contributed by atoms with Crippen molar-refractivity contribution in [1.29, 1.82) is 5.26 Å². The first kappa shape index (κ1) is 20.4. The Kier molecular flexibility index (Phi) is 7.61. The van der Waals surface area contributed by atoms with E-state index < -0.39 is 0 Å². The molecule has 26 heavy (non-hydrogen) atoms. The zero-order chi connectivity index (χ0) is 19.1. The van der Waals surface area contributed by atoms with Gasteiger partial charge in [-0.3, -0.25) is 14.5 Å². The summed E-state index contributed by atoms with van der Waals surface area (Å²) in [6.07, 6.45) is 0.286. The summed E-state index contributed by atoms with van der Waals surface area (Å²) >= 11 is 3.33. The van der Waals surface area contributed by atoms with Crippen LogP contribution in [0.3, 0.4) is 0 Å². The number of carbonyl (C=O) groups excluding carboxylic acids is 2. The topological polar surface area (TPSA) is 76.4 Å². The molecule has 6 nitrogen and oxygen atoms in total. The third-order valence-corrected chi connectivity index (χ3v) is 5.08. The minimum Gasteiger partial charge on any atom is -0.352 e. The molecule has 1 aliphatic heterocycles. The SMILES string of the molecule is CC(C)C(C#N)N1CCN(C(=O)CCNC(=O)c2ccc(Br)cc2)CC1. The number of nitrogens with zero attached hydrogens (tertiary/aromatic N) is 3. The highest BCUT2D eigenvalue weighted by Crippen LogP contribution is 2.14. The second-order valence-electron chi connectivity index (χ2n) is 6.75. The summed E-state index contributed by atoms with van der Waals surface area (Å²) < 4.78 is 0.916. The van der Waals surface area contributed by atoms with Crippen LogP contribution >= 0.6 is 15.9 Å². The van der Waals surface area contributed by atoms with Crippen molar-refractivity contribution in [3.63, 3.8) is 0 Å². The van der Waals surface area contributed by atoms with E-state index in [-0.39, 0.29) is 30.2 Å². The summed E-state index contributed by atoms with van der Waals surface area (Å²) in [5, 5.41) is 12.1. The monoisotopic (exact) mass is 420 g/mol. The van der Waals surface area contributed by atoms with Gasteiger partial charge in [-0.25, -0.2) is 0 Å². The van der Waals surface area contributed by atoms with Crippen LogP contribution in [0, 0.1) is 17.2 Å². The lowest BCUT2D eigenvalue weighted by molar-refractivity contribution is -0.133. The van der Waals surface area contributed by atoms with Gasteiger partial charge in [0.25, 0.3) is 5.91 Å². The first-order chi connectivity index (χ1) is 12.4. The van der Waals surface area contributed by atoms with Crippen LogP contribution in [-0.4, -0.2) is 60.4 Å². The van der Waals surface area contributed by atoms with E-state index in [9.17, 15) is 14.9 Å². The maximum atomic E-state index is 12.3. The van der Waals surface area contributed by atoms with Crippen LogP contribution in [0.2, 0.25) is 0 Å². The van der Waals surface area contributed by atoms with Crippen molar-refractivity contribution in [2.24, 2.45) is 5.92 Å². The molecule has 7 heteroatoms. The number of amides is 2. The predicted molar refractivity (Wildman–Crippen MR) is 103 cm³/mol. The number of halogens is 1. The van der Waals surface area contributed by atoms with Crippen LogP contribution in [0.4, 0.5) is 0 Å². The molecule has 1 N–H and O–H groups in total. The zero-order valence-corrected chi connectivity index (χ0v) is 16.8. The molecule has 1 heterocycles. The Morgan fingerprint density at radius 1 is 1.19 bits per heavy atom. The van der Waals surface area contributed by atoms with Crippen molar-refractivity contribution in [2.45, 2.75) is 26.3 Å². The van der Waals surface area contributed by atoms with Gasteiger partial charge in [0.15, 0.2) is 0 Å². The van der Waals surface area contributed by atoms with E-state index in [0.29, 0.717) is 38.3 Å². The standard InChI is InChI=1S/C19H25BrN4O2/c1-14(2)17(13-21)23-9-11-24(12-10-23)18(25)7-8-22-19(26)15-3-5-16(20)6-4-15/h3-6,14,17H,7-12H2,1-2H3,(H,22,26). The number of carbonyl (C=O) groups is 2. The van der Waals surface area contributed by atoms with Crippen LogP contribution in [0.25, 0.3) is 0 Å². The van der Waals surface area contributed by atoms with E-state index in [1.165, 1.54) is 0 Å². The number of hydrogen-bond donors (Lipinski definition) is 1. The number of rotatable bonds is 6. The number of hydrogen-bond acceptors (Lipinski definition) is 4. The maximum Gasteiger partial charge on any atom is 0.251 e. The maximum absolute atomic E-state index is 12.3. The third kappa shape index (κ3) is 5.55. The number of benzene rings is 1. The number of piperazine rings is 1. The fourth-order valence-corrected chi connectivity index (χ4v) is 3.31. The average Bonchev–Trinajstić information content (AvgIpc) is 2.63. The van der Waals surface area contributed by atoms with Gasteiger partial charge >= 0.3 is 0 Å². The molecule has 1 atom stereocenters. The van der Waals surface area contributed by atoms with E-state index in [1.807, 2.05) is 30.9 Å². The smallest absolute Gasteiger partial charge is 0.251 e. The lowest BCUT2D eigenvalue weighted by Crippen LogP contribution is -2.53. The van der Waals surface area contributed by atoms with Crippen LogP contribution in [0.15, 0.2) is 28.7 Å². The molecule has 1 saturated heterocycles. The summed E-state index contributed by atoms with van der Waals surface area (Å²) in [6.45, 7) is 7.09. The lowest BCUT2D eigenvalue weighted by Gasteiger charge is -2.38. The largest absolute Gasteiger partial charge is 0.352 e. The Labute approximate surface area is 163 Å². The Hall–Kier alpha value is -1.91. The Bertz CT molecular complexity index is 661. The van der Waals surface area contributed by atoms with Crippen molar-refractivity contribution >= 4 is 27.7 Å². The minimum absolute atomic E-state index is 0.0406. The van der Waals surface area contributed by atoms with Gasteiger partial charge in [-0.2, -0.15) is 5.26 Å². The second kappa shape index (κ2) is 9.70. The highest BCUT2D eigenvalue weighted by molar-refractivity contribution is 9.10. The molecule has 0 radical (unpaired) electrons. The van der Waals surface area contributed by atoms with Gasteiger partial charge in [0.1, 0.15) is 6.04 Å². The van der Waals surface area contributed by atoms with Gasteiger partial charge in [0.2, 0.25) is 5.91 Å².